The van der Waals surface area contributed by atoms with Crippen LogP contribution in [0.4, 0.5) is 0 Å². The largest absolute Gasteiger partial charge is 0.350 e. The number of nitrogens with one attached hydrogen (secondary N) is 1. The van der Waals surface area contributed by atoms with E-state index in [1.165, 1.54) is 0 Å². The highest BCUT2D eigenvalue weighted by atomic mass is 16.2. The Labute approximate surface area is 117 Å². The summed E-state index contributed by atoms with van der Waals surface area (Å²) in [7, 11) is 0. The van der Waals surface area contributed by atoms with Gasteiger partial charge in [0.25, 0.3) is 0 Å². The second-order valence-electron chi connectivity index (χ2n) is 5.38. The topological polar surface area (TPSA) is 64.7 Å². The molecule has 0 unspecified atom stereocenters. The Bertz CT molecular complexity index is 627. The van der Waals surface area contributed by atoms with E-state index < -0.39 is 0 Å². The van der Waals surface area contributed by atoms with E-state index in [1.54, 1.807) is 4.68 Å². The van der Waals surface area contributed by atoms with Gasteiger partial charge in [-0.15, -0.1) is 0 Å². The first-order chi connectivity index (χ1) is 9.61. The van der Waals surface area contributed by atoms with Crippen molar-refractivity contribution in [3.63, 3.8) is 0 Å². The minimum absolute atomic E-state index is 0.0183. The van der Waals surface area contributed by atoms with Gasteiger partial charge in [-0.05, 0) is 26.3 Å². The Morgan fingerprint density at radius 3 is 3.10 bits per heavy atom. The highest BCUT2D eigenvalue weighted by Gasteiger charge is 2.20. The normalized spacial score (nSPS) is 17.8. The maximum atomic E-state index is 12.1. The van der Waals surface area contributed by atoms with Gasteiger partial charge in [-0.25, -0.2) is 4.98 Å². The molecule has 0 saturated heterocycles. The van der Waals surface area contributed by atoms with Crippen LogP contribution in [0, 0.1) is 13.8 Å². The lowest BCUT2D eigenvalue weighted by molar-refractivity contribution is -0.122. The van der Waals surface area contributed by atoms with Gasteiger partial charge < -0.3 is 9.88 Å². The summed E-state index contributed by atoms with van der Waals surface area (Å²) in [6.07, 6.45) is 5.64. The van der Waals surface area contributed by atoms with Gasteiger partial charge in [0.15, 0.2) is 0 Å². The van der Waals surface area contributed by atoms with Gasteiger partial charge in [0, 0.05) is 37.1 Å². The van der Waals surface area contributed by atoms with Crippen molar-refractivity contribution in [2.24, 2.45) is 0 Å². The molecule has 0 saturated carbocycles. The van der Waals surface area contributed by atoms with E-state index in [1.807, 2.05) is 32.3 Å². The zero-order valence-corrected chi connectivity index (χ0v) is 11.8. The van der Waals surface area contributed by atoms with Crippen molar-refractivity contribution in [3.8, 4) is 0 Å². The fourth-order valence-electron chi connectivity index (χ4n) is 2.73. The molecule has 1 aliphatic heterocycles. The van der Waals surface area contributed by atoms with Crippen molar-refractivity contribution < 1.29 is 4.79 Å². The van der Waals surface area contributed by atoms with Crippen LogP contribution in [0.25, 0.3) is 0 Å². The Balaban J connectivity index is 1.59. The number of amides is 1. The molecule has 2 aromatic rings. The van der Waals surface area contributed by atoms with Crippen LogP contribution >= 0.6 is 0 Å². The number of carbonyl (C=O) groups is 1. The molecule has 3 heterocycles. The number of nitrogens with zero attached hydrogens (tertiary/aromatic N) is 4. The Hall–Kier alpha value is -2.11. The summed E-state index contributed by atoms with van der Waals surface area (Å²) in [5.74, 6) is 1.12. The van der Waals surface area contributed by atoms with Crippen LogP contribution < -0.4 is 5.32 Å². The van der Waals surface area contributed by atoms with Gasteiger partial charge in [-0.1, -0.05) is 0 Å². The van der Waals surface area contributed by atoms with Gasteiger partial charge >= 0.3 is 0 Å². The van der Waals surface area contributed by atoms with Crippen LogP contribution in [0.2, 0.25) is 0 Å². The predicted molar refractivity (Wildman–Crippen MR) is 74.2 cm³/mol. The number of aromatic nitrogens is 4. The molecule has 6 heteroatoms. The smallest absolute Gasteiger partial charge is 0.242 e. The molecule has 1 atom stereocenters. The molecule has 0 fully saturated rings. The number of aryl methyl sites for hydroxylation is 3. The van der Waals surface area contributed by atoms with Crippen LogP contribution in [-0.4, -0.2) is 31.3 Å². The van der Waals surface area contributed by atoms with Crippen LogP contribution in [0.5, 0.6) is 0 Å². The molecular weight excluding hydrogens is 254 g/mol. The molecule has 0 radical (unpaired) electrons. The summed E-state index contributed by atoms with van der Waals surface area (Å²) < 4.78 is 3.86. The maximum Gasteiger partial charge on any atom is 0.242 e. The van der Waals surface area contributed by atoms with Crippen molar-refractivity contribution >= 4 is 5.91 Å². The van der Waals surface area contributed by atoms with E-state index in [0.717, 1.165) is 36.6 Å². The number of rotatable bonds is 3. The molecule has 106 valence electrons. The first-order valence-electron chi connectivity index (χ1n) is 6.92. The third-order valence-electron chi connectivity index (χ3n) is 3.70. The Morgan fingerprint density at radius 1 is 1.50 bits per heavy atom. The van der Waals surface area contributed by atoms with Gasteiger partial charge in [0.1, 0.15) is 12.4 Å². The molecular formula is C14H19N5O. The highest BCUT2D eigenvalue weighted by molar-refractivity contribution is 5.76. The van der Waals surface area contributed by atoms with E-state index in [-0.39, 0.29) is 18.5 Å². The van der Waals surface area contributed by atoms with Gasteiger partial charge in [-0.3, -0.25) is 9.48 Å². The molecule has 0 aromatic carbocycles. The fraction of sp³-hybridized carbons (Fsp3) is 0.500. The predicted octanol–water partition coefficient (Wildman–Crippen LogP) is 0.828. The van der Waals surface area contributed by atoms with Crippen molar-refractivity contribution in [2.45, 2.75) is 45.8 Å². The molecule has 6 nitrogen and oxygen atoms in total. The summed E-state index contributed by atoms with van der Waals surface area (Å²) in [4.78, 5) is 16.4. The van der Waals surface area contributed by atoms with E-state index >= 15 is 0 Å². The van der Waals surface area contributed by atoms with Gasteiger partial charge in [0.2, 0.25) is 5.91 Å². The zero-order chi connectivity index (χ0) is 14.1. The summed E-state index contributed by atoms with van der Waals surface area (Å²) in [6, 6.07) is 2.16. The summed E-state index contributed by atoms with van der Waals surface area (Å²) in [5.41, 5.74) is 1.95. The second-order valence-corrected chi connectivity index (χ2v) is 5.38. The first-order valence-corrected chi connectivity index (χ1v) is 6.92. The first kappa shape index (κ1) is 12.9. The average molecular weight is 273 g/mol. The third-order valence-corrected chi connectivity index (χ3v) is 3.70. The number of carbonyl (C=O) groups excluding carboxylic acids is 1. The van der Waals surface area contributed by atoms with Gasteiger partial charge in [0.05, 0.1) is 5.69 Å². The average Bonchev–Trinajstić information content (AvgIpc) is 2.96. The summed E-state index contributed by atoms with van der Waals surface area (Å²) >= 11 is 0. The van der Waals surface area contributed by atoms with Crippen molar-refractivity contribution in [2.75, 3.05) is 0 Å². The minimum atomic E-state index is 0.0183. The number of hydrogen-bond donors (Lipinski definition) is 1. The lowest BCUT2D eigenvalue weighted by Crippen LogP contribution is -2.42. The molecule has 2 aromatic heterocycles. The molecule has 0 aliphatic carbocycles. The molecule has 3 rings (SSSR count). The van der Waals surface area contributed by atoms with E-state index in [2.05, 4.69) is 20.0 Å². The quantitative estimate of drug-likeness (QED) is 0.900. The van der Waals surface area contributed by atoms with Crippen LogP contribution in [0.15, 0.2) is 18.5 Å². The summed E-state index contributed by atoms with van der Waals surface area (Å²) in [5, 5.41) is 7.40. The Morgan fingerprint density at radius 2 is 2.35 bits per heavy atom. The van der Waals surface area contributed by atoms with Crippen molar-refractivity contribution in [1.29, 1.82) is 0 Å². The van der Waals surface area contributed by atoms with E-state index in [0.29, 0.717) is 0 Å². The lowest BCUT2D eigenvalue weighted by atomic mass is 10.1. The molecule has 20 heavy (non-hydrogen) atoms. The SMILES string of the molecule is Cc1cc(C)n(CC(=O)N[C@H]2CCc3nccn3C2)n1. The number of fused-ring (bicyclic) bond motifs is 1. The standard InChI is InChI=1S/C14H19N5O/c1-10-7-11(2)19(17-10)9-14(20)16-12-3-4-13-15-5-6-18(13)8-12/h5-7,12H,3-4,8-9H2,1-2H3,(H,16,20)/t12-/m0/s1. The van der Waals surface area contributed by atoms with Crippen molar-refractivity contribution in [3.05, 3.63) is 35.7 Å². The minimum Gasteiger partial charge on any atom is -0.350 e. The van der Waals surface area contributed by atoms with Crippen LogP contribution in [-0.2, 0) is 24.3 Å². The monoisotopic (exact) mass is 273 g/mol. The number of hydrogen-bond acceptors (Lipinski definition) is 3. The Kier molecular flexibility index (Phi) is 3.30. The number of imidazole rings is 1. The molecule has 1 amide bonds. The van der Waals surface area contributed by atoms with Crippen LogP contribution in [0.1, 0.15) is 23.6 Å². The van der Waals surface area contributed by atoms with Crippen molar-refractivity contribution in [1.82, 2.24) is 24.6 Å². The van der Waals surface area contributed by atoms with Crippen LogP contribution in [0.3, 0.4) is 0 Å². The second kappa shape index (κ2) is 5.11. The lowest BCUT2D eigenvalue weighted by Gasteiger charge is -2.24. The summed E-state index contributed by atoms with van der Waals surface area (Å²) in [6.45, 7) is 4.99. The molecule has 1 aliphatic rings. The third kappa shape index (κ3) is 2.59. The molecule has 1 N–H and O–H groups in total. The molecule has 0 bridgehead atoms. The van der Waals surface area contributed by atoms with E-state index in [9.17, 15) is 4.79 Å². The maximum absolute atomic E-state index is 12.1. The zero-order valence-electron chi connectivity index (χ0n) is 11.8. The fourth-order valence-corrected chi connectivity index (χ4v) is 2.73. The van der Waals surface area contributed by atoms with E-state index in [4.69, 9.17) is 0 Å². The van der Waals surface area contributed by atoms with Gasteiger partial charge in [-0.2, -0.15) is 5.10 Å². The highest BCUT2D eigenvalue weighted by Crippen LogP contribution is 2.13. The molecule has 0 spiro atoms.